The molecule has 12 aliphatic heterocycles. The van der Waals surface area contributed by atoms with Crippen molar-refractivity contribution in [3.05, 3.63) is 24.6 Å². The van der Waals surface area contributed by atoms with E-state index in [2.05, 4.69) is 23.8 Å². The summed E-state index contributed by atoms with van der Waals surface area (Å²) in [6, 6.07) is 0. The van der Waals surface area contributed by atoms with Crippen molar-refractivity contribution in [1.29, 1.82) is 0 Å². The van der Waals surface area contributed by atoms with Gasteiger partial charge in [-0.3, -0.25) is 4.79 Å². The number of thioether (sulfide) groups is 2. The van der Waals surface area contributed by atoms with Crippen LogP contribution in [0.1, 0.15) is 58.3 Å². The highest BCUT2D eigenvalue weighted by molar-refractivity contribution is 7.99. The van der Waals surface area contributed by atoms with E-state index < -0.39 is 136 Å². The average Bonchev–Trinajstić information content (AvgIpc) is 3.31. The molecule has 22 nitrogen and oxygen atoms in total. The second-order valence-corrected chi connectivity index (χ2v) is 20.6. The Labute approximate surface area is 405 Å². The minimum Gasteiger partial charge on any atom is -0.394 e. The molecule has 392 valence electrons. The molecule has 12 fully saturated rings. The number of aliphatic hydroxyl groups is 10. The number of nitrogens with zero attached hydrogens (tertiary/aromatic N) is 1. The lowest BCUT2D eigenvalue weighted by molar-refractivity contribution is -0.354. The molecule has 0 aromatic carbocycles. The van der Waals surface area contributed by atoms with Crippen LogP contribution in [0.4, 0.5) is 0 Å². The number of hydrogen-bond acceptors (Lipinski definition) is 23. The molecule has 24 heteroatoms. The van der Waals surface area contributed by atoms with Crippen LogP contribution < -0.4 is 10.6 Å². The van der Waals surface area contributed by atoms with E-state index in [0.29, 0.717) is 85.8 Å². The lowest BCUT2D eigenvalue weighted by Crippen LogP contribution is -2.63. The summed E-state index contributed by atoms with van der Waals surface area (Å²) < 4.78 is 47.0. The van der Waals surface area contributed by atoms with E-state index in [1.165, 1.54) is 6.92 Å². The predicted molar refractivity (Wildman–Crippen MR) is 244 cm³/mol. The summed E-state index contributed by atoms with van der Waals surface area (Å²) in [4.78, 5) is 14.1. The summed E-state index contributed by atoms with van der Waals surface area (Å²) in [7, 11) is 0. The van der Waals surface area contributed by atoms with E-state index >= 15 is 0 Å². The van der Waals surface area contributed by atoms with Gasteiger partial charge in [0.25, 0.3) is 0 Å². The van der Waals surface area contributed by atoms with Gasteiger partial charge in [0.2, 0.25) is 5.91 Å². The number of amides is 1. The maximum Gasteiger partial charge on any atom is 0.222 e. The van der Waals surface area contributed by atoms with Gasteiger partial charge >= 0.3 is 0 Å². The van der Waals surface area contributed by atoms with Gasteiger partial charge in [0.1, 0.15) is 61.0 Å². The average molecular weight is 1010 g/mol. The Morgan fingerprint density at radius 2 is 0.926 bits per heavy atom. The quantitative estimate of drug-likeness (QED) is 0.0494. The number of rotatable bonds is 18. The molecule has 12 rings (SSSR count). The Morgan fingerprint density at radius 3 is 1.31 bits per heavy atom. The lowest BCUT2D eigenvalue weighted by Gasteiger charge is -2.47. The Bertz CT molecular complexity index is 1470. The largest absolute Gasteiger partial charge is 0.394 e. The van der Waals surface area contributed by atoms with Gasteiger partial charge in [-0.05, 0) is 50.0 Å². The first-order valence-corrected chi connectivity index (χ1v) is 26.0. The van der Waals surface area contributed by atoms with Crippen molar-refractivity contribution in [2.75, 3.05) is 62.8 Å². The van der Waals surface area contributed by atoms with Crippen LogP contribution in [0.3, 0.4) is 0 Å². The number of carbonyl (C=O) groups excluding carboxylic acids is 1. The first-order chi connectivity index (χ1) is 32.6. The molecule has 8 bridgehead atoms. The Balaban J connectivity index is 0.918. The standard InChI is InChI=1S/C44H75N3O19S2/c1-22(10-14-67-18-29-25-8-4-6-12-59-41-37(57)33(53)39(27(16-48)61-41)65-43(63-29)35(55)31(25)51)45-20-47(24(3)50)21-46-23(2)11-15-68-19-30-26-9-5-7-13-60-42-38(58)34(54)40(28(17-49)62-42)66-44(64-30)36(56)32(26)52/h25-46,48-49,51-58H,1-2,4-21H2,3H3/t25?,26?,27?,28?,29?,30?,31?,32?,33?,34?,35?,36?,37?,38?,39?,40?,41-,42-,43+,44+/m1/s1. The molecule has 1 amide bonds. The Morgan fingerprint density at radius 1 is 0.544 bits per heavy atom. The molecule has 0 aromatic heterocycles. The van der Waals surface area contributed by atoms with Gasteiger partial charge in [-0.25, -0.2) is 0 Å². The first-order valence-electron chi connectivity index (χ1n) is 23.7. The maximum absolute atomic E-state index is 12.6. The van der Waals surface area contributed by atoms with Crippen molar-refractivity contribution in [2.45, 2.75) is 169 Å². The van der Waals surface area contributed by atoms with Crippen molar-refractivity contribution in [3.8, 4) is 0 Å². The molecule has 12 saturated heterocycles. The smallest absolute Gasteiger partial charge is 0.222 e. The first kappa shape index (κ1) is 55.8. The second kappa shape index (κ2) is 27.0. The number of aliphatic hydroxyl groups excluding tert-OH is 10. The van der Waals surface area contributed by atoms with E-state index in [4.69, 9.17) is 37.9 Å². The fourth-order valence-electron chi connectivity index (χ4n) is 9.29. The van der Waals surface area contributed by atoms with Crippen LogP contribution in [-0.4, -0.2) is 235 Å². The van der Waals surface area contributed by atoms with Crippen molar-refractivity contribution in [1.82, 2.24) is 15.5 Å². The van der Waals surface area contributed by atoms with Gasteiger partial charge in [-0.15, -0.1) is 0 Å². The molecule has 68 heavy (non-hydrogen) atoms. The Kier molecular flexibility index (Phi) is 22.2. The SMILES string of the molecule is C=C(CCSCC1O[C@H]2OC3C(CO)O[C@@H](OCCCCC1C(O)C2O)C(O)C3O)NCN(CNC(=C)CCSCC1O[C@H]2OC3C(CO)O[C@@H](OCCCCC1C(O)C2O)C(O)C3O)C(C)=O. The minimum atomic E-state index is -1.52. The monoisotopic (exact) mass is 1010 g/mol. The van der Waals surface area contributed by atoms with Gasteiger partial charge in [-0.1, -0.05) is 26.0 Å². The van der Waals surface area contributed by atoms with Crippen LogP contribution in [0.5, 0.6) is 0 Å². The maximum atomic E-state index is 12.6. The molecular formula is C44H75N3O19S2. The van der Waals surface area contributed by atoms with Crippen molar-refractivity contribution in [2.24, 2.45) is 11.8 Å². The van der Waals surface area contributed by atoms with Crippen LogP contribution in [0, 0.1) is 11.8 Å². The molecule has 16 unspecified atom stereocenters. The van der Waals surface area contributed by atoms with Crippen molar-refractivity contribution < 1.29 is 93.8 Å². The van der Waals surface area contributed by atoms with Gasteiger partial charge in [0, 0.05) is 54.9 Å². The minimum absolute atomic E-state index is 0.181. The van der Waals surface area contributed by atoms with Crippen LogP contribution in [0.15, 0.2) is 24.6 Å². The highest BCUT2D eigenvalue weighted by atomic mass is 32.2. The predicted octanol–water partition coefficient (Wildman–Crippen LogP) is -2.62. The van der Waals surface area contributed by atoms with Crippen LogP contribution >= 0.6 is 23.5 Å². The van der Waals surface area contributed by atoms with Gasteiger partial charge in [0.05, 0.1) is 51.0 Å². The van der Waals surface area contributed by atoms with Crippen LogP contribution in [-0.2, 0) is 42.7 Å². The van der Waals surface area contributed by atoms with Gasteiger partial charge in [0.15, 0.2) is 25.2 Å². The molecular weight excluding hydrogens is 939 g/mol. The Hall–Kier alpha value is -1.47. The second-order valence-electron chi connectivity index (χ2n) is 18.3. The molecule has 0 radical (unpaired) electrons. The summed E-state index contributed by atoms with van der Waals surface area (Å²) in [5, 5.41) is 114. The molecule has 0 aliphatic carbocycles. The lowest BCUT2D eigenvalue weighted by atomic mass is 9.85. The van der Waals surface area contributed by atoms with E-state index in [0.717, 1.165) is 0 Å². The number of allylic oxidation sites excluding steroid dienone is 2. The van der Waals surface area contributed by atoms with Crippen molar-refractivity contribution in [3.63, 3.8) is 0 Å². The van der Waals surface area contributed by atoms with Crippen LogP contribution in [0.25, 0.3) is 0 Å². The summed E-state index contributed by atoms with van der Waals surface area (Å²) in [5.41, 5.74) is 1.38. The molecule has 0 saturated carbocycles. The molecule has 12 N–H and O–H groups in total. The molecule has 12 aliphatic rings. The van der Waals surface area contributed by atoms with E-state index in [1.807, 2.05) is 0 Å². The third-order valence-electron chi connectivity index (χ3n) is 13.5. The zero-order valence-electron chi connectivity index (χ0n) is 38.6. The van der Waals surface area contributed by atoms with Gasteiger partial charge in [-0.2, -0.15) is 23.5 Å². The number of ether oxygens (including phenoxy) is 8. The molecule has 0 aromatic rings. The zero-order chi connectivity index (χ0) is 49.1. The van der Waals surface area contributed by atoms with E-state index in [9.17, 15) is 55.9 Å². The van der Waals surface area contributed by atoms with Crippen LogP contribution in [0.2, 0.25) is 0 Å². The normalized spacial score (nSPS) is 41.4. The summed E-state index contributed by atoms with van der Waals surface area (Å²) in [6.45, 7) is 9.37. The fraction of sp³-hybridized carbons (Fsp3) is 0.886. The topological polar surface area (TPSA) is 321 Å². The highest BCUT2D eigenvalue weighted by Gasteiger charge is 2.53. The van der Waals surface area contributed by atoms with Crippen molar-refractivity contribution >= 4 is 29.4 Å². The van der Waals surface area contributed by atoms with E-state index in [-0.39, 0.29) is 32.5 Å². The molecule has 12 heterocycles. The third-order valence-corrected chi connectivity index (χ3v) is 15.6. The molecule has 0 spiro atoms. The summed E-state index contributed by atoms with van der Waals surface area (Å²) in [6.07, 6.45) is -17.6. The highest BCUT2D eigenvalue weighted by Crippen LogP contribution is 2.38. The third kappa shape index (κ3) is 14.4. The number of carbonyl (C=O) groups is 1. The molecule has 20 atom stereocenters. The zero-order valence-corrected chi connectivity index (χ0v) is 40.2. The summed E-state index contributed by atoms with van der Waals surface area (Å²) >= 11 is 3.10. The van der Waals surface area contributed by atoms with Gasteiger partial charge < -0.3 is 104 Å². The fourth-order valence-corrected chi connectivity index (χ4v) is 11.5. The number of nitrogens with one attached hydrogen (secondary N) is 2. The summed E-state index contributed by atoms with van der Waals surface area (Å²) in [5.74, 6) is 1.07. The van der Waals surface area contributed by atoms with E-state index in [1.54, 1.807) is 28.4 Å². The number of hydrogen-bond donors (Lipinski definition) is 12.